The van der Waals surface area contributed by atoms with Crippen LogP contribution in [0.25, 0.3) is 0 Å². The topological polar surface area (TPSA) is 79.8 Å². The number of nitrogens with one attached hydrogen (secondary N) is 2. The largest absolute Gasteiger partial charge is 0.483 e. The molecule has 0 atom stereocenters. The van der Waals surface area contributed by atoms with Crippen LogP contribution in [0.2, 0.25) is 0 Å². The van der Waals surface area contributed by atoms with Gasteiger partial charge in [-0.15, -0.1) is 0 Å². The summed E-state index contributed by atoms with van der Waals surface area (Å²) in [6.07, 6.45) is 1.42. The highest BCUT2D eigenvalue weighted by molar-refractivity contribution is 9.10. The highest BCUT2D eigenvalue weighted by atomic mass is 79.9. The van der Waals surface area contributed by atoms with E-state index in [0.717, 1.165) is 10.0 Å². The molecular formula is C23H19BrFN3O3. The van der Waals surface area contributed by atoms with Crippen molar-refractivity contribution in [2.24, 2.45) is 5.10 Å². The highest BCUT2D eigenvalue weighted by Crippen LogP contribution is 2.22. The zero-order chi connectivity index (χ0) is 22.2. The van der Waals surface area contributed by atoms with Gasteiger partial charge in [0.25, 0.3) is 11.8 Å². The smallest absolute Gasteiger partial charge is 0.271 e. The molecule has 31 heavy (non-hydrogen) atoms. The van der Waals surface area contributed by atoms with Gasteiger partial charge in [-0.25, -0.2) is 9.82 Å². The number of hydrazone groups is 1. The van der Waals surface area contributed by atoms with Crippen LogP contribution in [-0.4, -0.2) is 24.6 Å². The highest BCUT2D eigenvalue weighted by Gasteiger charge is 2.10. The molecule has 0 unspecified atom stereocenters. The van der Waals surface area contributed by atoms with E-state index in [1.54, 1.807) is 36.4 Å². The van der Waals surface area contributed by atoms with E-state index >= 15 is 0 Å². The Morgan fingerprint density at radius 3 is 2.58 bits per heavy atom. The van der Waals surface area contributed by atoms with Crippen molar-refractivity contribution in [3.63, 3.8) is 0 Å². The summed E-state index contributed by atoms with van der Waals surface area (Å²) in [5.41, 5.74) is 4.61. The number of nitrogens with zero attached hydrogens (tertiary/aromatic N) is 1. The van der Waals surface area contributed by atoms with Crippen LogP contribution in [0.5, 0.6) is 5.75 Å². The summed E-state index contributed by atoms with van der Waals surface area (Å²) in [7, 11) is 0. The molecule has 0 aliphatic heterocycles. The zero-order valence-electron chi connectivity index (χ0n) is 16.6. The average Bonchev–Trinajstić information content (AvgIpc) is 2.75. The number of amides is 2. The molecule has 6 nitrogen and oxygen atoms in total. The Bertz CT molecular complexity index is 1120. The summed E-state index contributed by atoms with van der Waals surface area (Å²) in [6, 6.07) is 18.1. The van der Waals surface area contributed by atoms with E-state index in [0.29, 0.717) is 16.9 Å². The van der Waals surface area contributed by atoms with Crippen LogP contribution in [0.4, 0.5) is 10.1 Å². The molecule has 0 radical (unpaired) electrons. The monoisotopic (exact) mass is 483 g/mol. The van der Waals surface area contributed by atoms with Crippen molar-refractivity contribution >= 4 is 39.6 Å². The van der Waals surface area contributed by atoms with Crippen LogP contribution in [0.15, 0.2) is 76.3 Å². The number of rotatable bonds is 7. The van der Waals surface area contributed by atoms with Gasteiger partial charge >= 0.3 is 0 Å². The SMILES string of the molecule is Cc1ccc(C(=O)NN=Cc2cc(Br)ccc2OCC(=O)Nc2ccccc2F)cc1. The Morgan fingerprint density at radius 1 is 1.10 bits per heavy atom. The second kappa shape index (κ2) is 10.5. The number of anilines is 1. The van der Waals surface area contributed by atoms with Crippen molar-refractivity contribution in [2.75, 3.05) is 11.9 Å². The van der Waals surface area contributed by atoms with Gasteiger partial charge < -0.3 is 10.1 Å². The second-order valence-electron chi connectivity index (χ2n) is 6.56. The van der Waals surface area contributed by atoms with Gasteiger partial charge in [0.2, 0.25) is 0 Å². The molecule has 158 valence electrons. The van der Waals surface area contributed by atoms with Crippen LogP contribution in [0.3, 0.4) is 0 Å². The van der Waals surface area contributed by atoms with Gasteiger partial charge in [0, 0.05) is 15.6 Å². The van der Waals surface area contributed by atoms with Gasteiger partial charge in [-0.2, -0.15) is 5.10 Å². The first kappa shape index (κ1) is 22.2. The van der Waals surface area contributed by atoms with Gasteiger partial charge in [-0.05, 0) is 49.4 Å². The molecule has 2 N–H and O–H groups in total. The molecular weight excluding hydrogens is 465 g/mol. The Morgan fingerprint density at radius 2 is 1.84 bits per heavy atom. The lowest BCUT2D eigenvalue weighted by Crippen LogP contribution is -2.21. The number of hydrogen-bond acceptors (Lipinski definition) is 4. The summed E-state index contributed by atoms with van der Waals surface area (Å²) in [6.45, 7) is 1.61. The van der Waals surface area contributed by atoms with Crippen LogP contribution in [0, 0.1) is 12.7 Å². The molecule has 0 saturated carbocycles. The summed E-state index contributed by atoms with van der Waals surface area (Å²) >= 11 is 3.37. The minimum absolute atomic E-state index is 0.0764. The fraction of sp³-hybridized carbons (Fsp3) is 0.0870. The molecule has 0 aliphatic carbocycles. The second-order valence-corrected chi connectivity index (χ2v) is 7.48. The first-order valence-corrected chi connectivity index (χ1v) is 10.1. The first-order valence-electron chi connectivity index (χ1n) is 9.29. The minimum Gasteiger partial charge on any atom is -0.483 e. The number of carbonyl (C=O) groups excluding carboxylic acids is 2. The number of halogens is 2. The molecule has 2 amide bonds. The van der Waals surface area contributed by atoms with Gasteiger partial charge in [0.05, 0.1) is 11.9 Å². The maximum Gasteiger partial charge on any atom is 0.271 e. The minimum atomic E-state index is -0.531. The summed E-state index contributed by atoms with van der Waals surface area (Å²) in [4.78, 5) is 24.3. The number of aryl methyl sites for hydroxylation is 1. The Hall–Kier alpha value is -3.52. The number of carbonyl (C=O) groups is 2. The van der Waals surface area contributed by atoms with Crippen LogP contribution in [-0.2, 0) is 4.79 Å². The third-order valence-electron chi connectivity index (χ3n) is 4.16. The van der Waals surface area contributed by atoms with Crippen LogP contribution in [0.1, 0.15) is 21.5 Å². The van der Waals surface area contributed by atoms with Crippen molar-refractivity contribution in [2.45, 2.75) is 6.92 Å². The first-order chi connectivity index (χ1) is 14.9. The Labute approximate surface area is 187 Å². The molecule has 3 aromatic carbocycles. The lowest BCUT2D eigenvalue weighted by atomic mass is 10.1. The van der Waals surface area contributed by atoms with Crippen molar-refractivity contribution in [1.82, 2.24) is 5.43 Å². The standard InChI is InChI=1S/C23H19BrFN3O3/c1-15-6-8-16(9-7-15)23(30)28-26-13-17-12-18(24)10-11-21(17)31-14-22(29)27-20-5-3-2-4-19(20)25/h2-13H,14H2,1H3,(H,27,29)(H,28,30). The van der Waals surface area contributed by atoms with Crippen molar-refractivity contribution in [3.05, 3.63) is 93.7 Å². The molecule has 3 aromatic rings. The maximum absolute atomic E-state index is 13.7. The van der Waals surface area contributed by atoms with E-state index in [1.807, 2.05) is 19.1 Å². The molecule has 0 aromatic heterocycles. The van der Waals surface area contributed by atoms with Crippen LogP contribution >= 0.6 is 15.9 Å². The predicted octanol–water partition coefficient (Wildman–Crippen LogP) is 4.68. The predicted molar refractivity (Wildman–Crippen MR) is 121 cm³/mol. The fourth-order valence-corrected chi connectivity index (χ4v) is 2.95. The molecule has 0 saturated heterocycles. The molecule has 0 bridgehead atoms. The lowest BCUT2D eigenvalue weighted by molar-refractivity contribution is -0.118. The average molecular weight is 484 g/mol. The van der Waals surface area contributed by atoms with E-state index in [4.69, 9.17) is 4.74 Å². The van der Waals surface area contributed by atoms with E-state index in [-0.39, 0.29) is 18.2 Å². The van der Waals surface area contributed by atoms with Gasteiger partial charge in [0.1, 0.15) is 11.6 Å². The van der Waals surface area contributed by atoms with E-state index in [1.165, 1.54) is 24.4 Å². The zero-order valence-corrected chi connectivity index (χ0v) is 18.1. The molecule has 0 fully saturated rings. The van der Waals surface area contributed by atoms with Crippen molar-refractivity contribution in [1.29, 1.82) is 0 Å². The number of benzene rings is 3. The number of hydrogen-bond donors (Lipinski definition) is 2. The third-order valence-corrected chi connectivity index (χ3v) is 4.66. The molecule has 0 heterocycles. The van der Waals surface area contributed by atoms with E-state index < -0.39 is 11.7 Å². The Kier molecular flexibility index (Phi) is 7.50. The summed E-state index contributed by atoms with van der Waals surface area (Å²) < 4.78 is 20.0. The van der Waals surface area contributed by atoms with Crippen molar-refractivity contribution in [3.8, 4) is 5.75 Å². The Balaban J connectivity index is 1.62. The number of para-hydroxylation sites is 1. The molecule has 3 rings (SSSR count). The van der Waals surface area contributed by atoms with Crippen molar-refractivity contribution < 1.29 is 18.7 Å². The van der Waals surface area contributed by atoms with Crippen LogP contribution < -0.4 is 15.5 Å². The normalized spacial score (nSPS) is 10.7. The molecule has 0 spiro atoms. The molecule has 0 aliphatic rings. The quantitative estimate of drug-likeness (QED) is 0.378. The van der Waals surface area contributed by atoms with Gasteiger partial charge in [0.15, 0.2) is 6.61 Å². The maximum atomic E-state index is 13.7. The van der Waals surface area contributed by atoms with E-state index in [2.05, 4.69) is 31.8 Å². The fourth-order valence-electron chi connectivity index (χ4n) is 2.57. The van der Waals surface area contributed by atoms with E-state index in [9.17, 15) is 14.0 Å². The number of ether oxygens (including phenoxy) is 1. The third kappa shape index (κ3) is 6.48. The lowest BCUT2D eigenvalue weighted by Gasteiger charge is -2.10. The summed E-state index contributed by atoms with van der Waals surface area (Å²) in [5.74, 6) is -1.02. The summed E-state index contributed by atoms with van der Waals surface area (Å²) in [5, 5.41) is 6.43. The van der Waals surface area contributed by atoms with Gasteiger partial charge in [-0.3, -0.25) is 9.59 Å². The molecule has 8 heteroatoms. The van der Waals surface area contributed by atoms with Gasteiger partial charge in [-0.1, -0.05) is 45.8 Å².